The zero-order valence-corrected chi connectivity index (χ0v) is 11.3. The first-order valence-corrected chi connectivity index (χ1v) is 6.33. The number of amidine groups is 1. The molecule has 92 valence electrons. The van der Waals surface area contributed by atoms with Crippen molar-refractivity contribution in [2.45, 2.75) is 12.5 Å². The maximum atomic E-state index is 7.61. The molecular formula is C12H16BrN3O. The van der Waals surface area contributed by atoms with Gasteiger partial charge in [-0.2, -0.15) is 0 Å². The fourth-order valence-corrected chi connectivity index (χ4v) is 2.48. The Morgan fingerprint density at radius 2 is 2.35 bits per heavy atom. The summed E-state index contributed by atoms with van der Waals surface area (Å²) < 4.78 is 6.35. The van der Waals surface area contributed by atoms with E-state index >= 15 is 0 Å². The molecule has 1 aliphatic rings. The second-order valence-corrected chi connectivity index (χ2v) is 5.08. The molecule has 1 aliphatic heterocycles. The van der Waals surface area contributed by atoms with Crippen molar-refractivity contribution in [1.29, 1.82) is 5.41 Å². The lowest BCUT2D eigenvalue weighted by Gasteiger charge is -2.21. The molecule has 4 nitrogen and oxygen atoms in total. The van der Waals surface area contributed by atoms with Crippen molar-refractivity contribution in [3.05, 3.63) is 28.2 Å². The fourth-order valence-electron chi connectivity index (χ4n) is 2.13. The highest BCUT2D eigenvalue weighted by molar-refractivity contribution is 9.10. The molecule has 1 atom stereocenters. The smallest absolute Gasteiger partial charge is 0.124 e. The number of nitrogens with two attached hydrogens (primary N) is 1. The van der Waals surface area contributed by atoms with Gasteiger partial charge >= 0.3 is 0 Å². The molecule has 0 bridgehead atoms. The quantitative estimate of drug-likeness (QED) is 0.662. The molecule has 0 radical (unpaired) electrons. The van der Waals surface area contributed by atoms with E-state index in [1.165, 1.54) is 0 Å². The average Bonchev–Trinajstić information content (AvgIpc) is 2.76. The Labute approximate surface area is 109 Å². The highest BCUT2D eigenvalue weighted by Crippen LogP contribution is 2.28. The molecule has 1 unspecified atom stereocenters. The van der Waals surface area contributed by atoms with Gasteiger partial charge in [0.05, 0.1) is 6.10 Å². The van der Waals surface area contributed by atoms with Crippen molar-refractivity contribution in [2.24, 2.45) is 5.73 Å². The van der Waals surface area contributed by atoms with E-state index in [0.29, 0.717) is 0 Å². The first-order chi connectivity index (χ1) is 8.11. The fraction of sp³-hybridized carbons (Fsp3) is 0.417. The van der Waals surface area contributed by atoms with Gasteiger partial charge in [0.1, 0.15) is 5.84 Å². The molecule has 5 heteroatoms. The lowest BCUT2D eigenvalue weighted by atomic mass is 10.1. The number of nitrogens with one attached hydrogen (secondary N) is 1. The van der Waals surface area contributed by atoms with E-state index in [1.807, 2.05) is 18.2 Å². The van der Waals surface area contributed by atoms with Gasteiger partial charge < -0.3 is 15.4 Å². The van der Waals surface area contributed by atoms with Crippen molar-refractivity contribution in [3.63, 3.8) is 0 Å². The second-order valence-electron chi connectivity index (χ2n) is 4.17. The third-order valence-corrected chi connectivity index (χ3v) is 3.56. The number of anilines is 1. The van der Waals surface area contributed by atoms with Crippen LogP contribution >= 0.6 is 15.9 Å². The summed E-state index contributed by atoms with van der Waals surface area (Å²) in [5.74, 6) is 0.105. The lowest BCUT2D eigenvalue weighted by molar-refractivity contribution is 0.121. The summed E-state index contributed by atoms with van der Waals surface area (Å²) in [6, 6.07) is 5.79. The maximum absolute atomic E-state index is 7.61. The number of nitrogen functional groups attached to an aromatic ring is 1. The number of ether oxygens (including phenoxy) is 1. The second kappa shape index (κ2) is 5.06. The predicted molar refractivity (Wildman–Crippen MR) is 72.8 cm³/mol. The molecule has 1 saturated heterocycles. The monoisotopic (exact) mass is 297 g/mol. The van der Waals surface area contributed by atoms with Gasteiger partial charge in [-0.1, -0.05) is 15.9 Å². The number of rotatable bonds is 3. The van der Waals surface area contributed by atoms with E-state index in [9.17, 15) is 0 Å². The minimum atomic E-state index is 0.105. The average molecular weight is 298 g/mol. The molecule has 1 aromatic rings. The van der Waals surface area contributed by atoms with Crippen molar-refractivity contribution in [2.75, 3.05) is 25.1 Å². The molecule has 1 aromatic carbocycles. The Hall–Kier alpha value is -1.07. The third kappa shape index (κ3) is 2.61. The van der Waals surface area contributed by atoms with E-state index in [2.05, 4.69) is 20.8 Å². The van der Waals surface area contributed by atoms with Gasteiger partial charge in [0, 0.05) is 35.9 Å². The van der Waals surface area contributed by atoms with Crippen LogP contribution in [0.2, 0.25) is 0 Å². The summed E-state index contributed by atoms with van der Waals surface area (Å²) in [5, 5.41) is 7.61. The van der Waals surface area contributed by atoms with Gasteiger partial charge in [0.2, 0.25) is 0 Å². The summed E-state index contributed by atoms with van der Waals surface area (Å²) in [4.78, 5) is 2.22. The minimum Gasteiger partial charge on any atom is -0.384 e. The van der Waals surface area contributed by atoms with E-state index in [4.69, 9.17) is 15.9 Å². The molecule has 0 spiro atoms. The maximum Gasteiger partial charge on any atom is 0.124 e. The van der Waals surface area contributed by atoms with Crippen molar-refractivity contribution in [1.82, 2.24) is 0 Å². The Kier molecular flexibility index (Phi) is 3.69. The van der Waals surface area contributed by atoms with Crippen molar-refractivity contribution >= 4 is 27.5 Å². The van der Waals surface area contributed by atoms with E-state index in [-0.39, 0.29) is 11.9 Å². The van der Waals surface area contributed by atoms with Crippen molar-refractivity contribution < 1.29 is 4.74 Å². The van der Waals surface area contributed by atoms with Gasteiger partial charge in [-0.3, -0.25) is 5.41 Å². The Morgan fingerprint density at radius 1 is 1.59 bits per heavy atom. The Morgan fingerprint density at radius 3 is 2.94 bits per heavy atom. The van der Waals surface area contributed by atoms with Crippen LogP contribution in [0.15, 0.2) is 22.7 Å². The van der Waals surface area contributed by atoms with Crippen LogP contribution in [0.5, 0.6) is 0 Å². The number of hydrogen-bond donors (Lipinski definition) is 2. The highest BCUT2D eigenvalue weighted by atomic mass is 79.9. The SMILES string of the molecule is COC1CCN(c2cc(Br)ccc2C(=N)N)C1. The van der Waals surface area contributed by atoms with Crippen LogP contribution in [-0.4, -0.2) is 32.1 Å². The summed E-state index contributed by atoms with van der Waals surface area (Å²) >= 11 is 3.46. The predicted octanol–water partition coefficient (Wildman–Crippen LogP) is 1.96. The van der Waals surface area contributed by atoms with Crippen LogP contribution < -0.4 is 10.6 Å². The van der Waals surface area contributed by atoms with Crippen molar-refractivity contribution in [3.8, 4) is 0 Å². The summed E-state index contributed by atoms with van der Waals surface area (Å²) in [6.07, 6.45) is 1.29. The number of halogens is 1. The van der Waals surface area contributed by atoms with Gasteiger partial charge in [0.25, 0.3) is 0 Å². The van der Waals surface area contributed by atoms with Gasteiger partial charge in [-0.25, -0.2) is 0 Å². The van der Waals surface area contributed by atoms with Gasteiger partial charge in [-0.15, -0.1) is 0 Å². The number of hydrogen-bond acceptors (Lipinski definition) is 3. The first-order valence-electron chi connectivity index (χ1n) is 5.53. The largest absolute Gasteiger partial charge is 0.384 e. The summed E-state index contributed by atoms with van der Waals surface area (Å²) in [7, 11) is 1.74. The third-order valence-electron chi connectivity index (χ3n) is 3.07. The number of methoxy groups -OCH3 is 1. The van der Waals surface area contributed by atoms with Crippen LogP contribution in [0.25, 0.3) is 0 Å². The molecule has 17 heavy (non-hydrogen) atoms. The van der Waals surface area contributed by atoms with Crippen LogP contribution in [0.1, 0.15) is 12.0 Å². The van der Waals surface area contributed by atoms with E-state index in [1.54, 1.807) is 7.11 Å². The molecule has 2 rings (SSSR count). The minimum absolute atomic E-state index is 0.105. The number of benzene rings is 1. The molecule has 1 fully saturated rings. The Balaban J connectivity index is 2.31. The molecule has 0 amide bonds. The molecule has 1 heterocycles. The molecule has 0 saturated carbocycles. The van der Waals surface area contributed by atoms with Gasteiger partial charge in [-0.05, 0) is 24.6 Å². The molecule has 0 aliphatic carbocycles. The van der Waals surface area contributed by atoms with Crippen LogP contribution in [0.3, 0.4) is 0 Å². The van der Waals surface area contributed by atoms with Crippen LogP contribution in [0, 0.1) is 5.41 Å². The first kappa shape index (κ1) is 12.4. The molecule has 0 aromatic heterocycles. The van der Waals surface area contributed by atoms with E-state index < -0.39 is 0 Å². The van der Waals surface area contributed by atoms with Crippen LogP contribution in [-0.2, 0) is 4.74 Å². The molecule has 3 N–H and O–H groups in total. The summed E-state index contributed by atoms with van der Waals surface area (Å²) in [6.45, 7) is 1.79. The zero-order valence-electron chi connectivity index (χ0n) is 9.74. The van der Waals surface area contributed by atoms with Gasteiger partial charge in [0.15, 0.2) is 0 Å². The van der Waals surface area contributed by atoms with E-state index in [0.717, 1.165) is 35.2 Å². The topological polar surface area (TPSA) is 62.3 Å². The summed E-state index contributed by atoms with van der Waals surface area (Å²) in [5.41, 5.74) is 7.40. The Bertz CT molecular complexity index is 436. The number of nitrogens with zero attached hydrogens (tertiary/aromatic N) is 1. The molecular weight excluding hydrogens is 282 g/mol. The lowest BCUT2D eigenvalue weighted by Crippen LogP contribution is -2.25. The zero-order chi connectivity index (χ0) is 12.4. The van der Waals surface area contributed by atoms with Crippen LogP contribution in [0.4, 0.5) is 5.69 Å². The normalized spacial score (nSPS) is 19.6. The highest BCUT2D eigenvalue weighted by Gasteiger charge is 2.24. The standard InChI is InChI=1S/C12H16BrN3O/c1-17-9-4-5-16(7-9)11-6-8(13)2-3-10(11)12(14)15/h2-3,6,9H,4-5,7H2,1H3,(H3,14,15).